The molecule has 186 valence electrons. The molecule has 1 amide bonds. The van der Waals surface area contributed by atoms with E-state index in [1.165, 1.54) is 0 Å². The van der Waals surface area contributed by atoms with Crippen molar-refractivity contribution in [1.82, 2.24) is 5.32 Å². The van der Waals surface area contributed by atoms with Crippen LogP contribution in [0.25, 0.3) is 0 Å². The number of nitrogens with one attached hydrogen (secondary N) is 1. The van der Waals surface area contributed by atoms with Gasteiger partial charge in [0.1, 0.15) is 0 Å². The van der Waals surface area contributed by atoms with Crippen LogP contribution in [0.2, 0.25) is 0 Å². The molecule has 1 saturated carbocycles. The molecule has 0 unspecified atom stereocenters. The second kappa shape index (κ2) is 9.48. The lowest BCUT2D eigenvalue weighted by molar-refractivity contribution is -0.576. The van der Waals surface area contributed by atoms with Crippen LogP contribution in [-0.4, -0.2) is 53.5 Å². The first-order valence-corrected chi connectivity index (χ1v) is 12.0. The van der Waals surface area contributed by atoms with Crippen LogP contribution in [-0.2, 0) is 38.4 Å². The maximum atomic E-state index is 12.5. The number of ether oxygens (including phenoxy) is 3. The molecule has 10 heteroatoms. The number of fused-ring (bicyclic) bond motifs is 2. The maximum Gasteiger partial charge on any atom is 0.308 e. The summed E-state index contributed by atoms with van der Waals surface area (Å²) in [6, 6.07) is 0. The summed E-state index contributed by atoms with van der Waals surface area (Å²) in [6.45, 7) is 6.33. The highest BCUT2D eigenvalue weighted by Gasteiger charge is 2.69. The smallest absolute Gasteiger partial charge is 0.308 e. The van der Waals surface area contributed by atoms with E-state index in [-0.39, 0.29) is 49.5 Å². The average molecular weight is 470 g/mol. The zero-order valence-electron chi connectivity index (χ0n) is 19.5. The van der Waals surface area contributed by atoms with Crippen molar-refractivity contribution >= 4 is 17.8 Å². The molecule has 33 heavy (non-hydrogen) atoms. The molecular formula is C23H35NO9. The fourth-order valence-electron chi connectivity index (χ4n) is 5.97. The first kappa shape index (κ1) is 24.4. The molecule has 0 aromatic carbocycles. The van der Waals surface area contributed by atoms with Gasteiger partial charge in [-0.15, -0.1) is 0 Å². The summed E-state index contributed by atoms with van der Waals surface area (Å²) in [7, 11) is 0. The van der Waals surface area contributed by atoms with Gasteiger partial charge in [0.25, 0.3) is 0 Å². The summed E-state index contributed by atoms with van der Waals surface area (Å²) in [5.41, 5.74) is -0.716. The molecule has 0 radical (unpaired) electrons. The van der Waals surface area contributed by atoms with E-state index in [2.05, 4.69) is 12.2 Å². The fourth-order valence-corrected chi connectivity index (χ4v) is 5.97. The number of carbonyl (C=O) groups excluding carboxylic acids is 2. The van der Waals surface area contributed by atoms with Crippen molar-refractivity contribution in [2.45, 2.75) is 96.1 Å². The summed E-state index contributed by atoms with van der Waals surface area (Å²) < 4.78 is 18.1. The Hall–Kier alpha value is -1.75. The fraction of sp³-hybridized carbons (Fsp3) is 0.870. The van der Waals surface area contributed by atoms with Gasteiger partial charge in [-0.2, -0.15) is 0 Å². The Morgan fingerprint density at radius 1 is 1.06 bits per heavy atom. The zero-order valence-corrected chi connectivity index (χ0v) is 19.5. The lowest BCUT2D eigenvalue weighted by Gasteiger charge is -2.59. The van der Waals surface area contributed by atoms with Crippen molar-refractivity contribution in [3.8, 4) is 0 Å². The monoisotopic (exact) mass is 469 g/mol. The van der Waals surface area contributed by atoms with Gasteiger partial charge in [0, 0.05) is 37.6 Å². The van der Waals surface area contributed by atoms with Crippen LogP contribution in [0.15, 0.2) is 0 Å². The second-order valence-corrected chi connectivity index (χ2v) is 10.1. The molecule has 5 aliphatic rings. The van der Waals surface area contributed by atoms with E-state index in [4.69, 9.17) is 29.1 Å². The minimum absolute atomic E-state index is 0.0153. The molecular weight excluding hydrogens is 434 g/mol. The molecule has 1 spiro atoms. The number of carboxylic acids is 1. The van der Waals surface area contributed by atoms with Gasteiger partial charge in [0.2, 0.25) is 18.0 Å². The lowest BCUT2D eigenvalue weighted by atomic mass is 9.58. The minimum atomic E-state index is -0.910. The summed E-state index contributed by atoms with van der Waals surface area (Å²) in [5.74, 6) is -2.05. The molecule has 2 bridgehead atoms. The van der Waals surface area contributed by atoms with E-state index in [9.17, 15) is 14.4 Å². The van der Waals surface area contributed by atoms with Gasteiger partial charge in [-0.3, -0.25) is 14.4 Å². The predicted molar refractivity (Wildman–Crippen MR) is 112 cm³/mol. The molecule has 4 saturated heterocycles. The molecule has 8 atom stereocenters. The third-order valence-corrected chi connectivity index (χ3v) is 7.79. The summed E-state index contributed by atoms with van der Waals surface area (Å²) in [6.07, 6.45) is 2.30. The van der Waals surface area contributed by atoms with Crippen LogP contribution in [0, 0.1) is 23.7 Å². The van der Waals surface area contributed by atoms with Gasteiger partial charge in [-0.1, -0.05) is 13.8 Å². The van der Waals surface area contributed by atoms with Crippen LogP contribution in [0.5, 0.6) is 0 Å². The van der Waals surface area contributed by atoms with E-state index in [1.54, 1.807) is 0 Å². The summed E-state index contributed by atoms with van der Waals surface area (Å²) in [4.78, 5) is 46.8. The van der Waals surface area contributed by atoms with Gasteiger partial charge >= 0.3 is 11.9 Å². The van der Waals surface area contributed by atoms with Crippen molar-refractivity contribution < 1.29 is 43.5 Å². The Morgan fingerprint density at radius 2 is 1.85 bits per heavy atom. The lowest BCUT2D eigenvalue weighted by Crippen LogP contribution is -2.70. The normalized spacial score (nSPS) is 41.5. The number of carboxylic acid groups (broad SMARTS) is 1. The Kier molecular flexibility index (Phi) is 7.00. The maximum absolute atomic E-state index is 12.5. The number of hydrogen-bond donors (Lipinski definition) is 2. The highest BCUT2D eigenvalue weighted by atomic mass is 17.3. The molecule has 0 aromatic heterocycles. The van der Waals surface area contributed by atoms with Crippen molar-refractivity contribution in [2.75, 3.05) is 6.54 Å². The number of aliphatic carboxylic acids is 1. The van der Waals surface area contributed by atoms with E-state index < -0.39 is 35.9 Å². The van der Waals surface area contributed by atoms with Crippen molar-refractivity contribution in [1.29, 1.82) is 0 Å². The van der Waals surface area contributed by atoms with Crippen LogP contribution >= 0.6 is 0 Å². The molecule has 5 rings (SSSR count). The minimum Gasteiger partial charge on any atom is -0.481 e. The van der Waals surface area contributed by atoms with E-state index in [0.717, 1.165) is 19.3 Å². The quantitative estimate of drug-likeness (QED) is 0.313. The number of carbonyl (C=O) groups is 3. The first-order chi connectivity index (χ1) is 15.6. The molecule has 1 aliphatic carbocycles. The largest absolute Gasteiger partial charge is 0.481 e. The third-order valence-electron chi connectivity index (χ3n) is 7.79. The molecule has 10 nitrogen and oxygen atoms in total. The number of hydrogen-bond acceptors (Lipinski definition) is 8. The molecule has 0 aromatic rings. The Morgan fingerprint density at radius 3 is 2.61 bits per heavy atom. The molecule has 4 aliphatic heterocycles. The summed E-state index contributed by atoms with van der Waals surface area (Å²) >= 11 is 0. The Balaban J connectivity index is 1.35. The van der Waals surface area contributed by atoms with Gasteiger partial charge < -0.3 is 24.6 Å². The number of amides is 1. The van der Waals surface area contributed by atoms with E-state index in [0.29, 0.717) is 18.8 Å². The first-order valence-electron chi connectivity index (χ1n) is 12.0. The standard InChI is InChI=1S/C23H35NO9/c1-13-6-7-16-14(2)20(29-19(28)9-8-17(25)24-12-4-5-18(26)27)30-21-23(16)15(13)10-11-22(3,31-21)32-33-23/h13-16,20-21H,4-12H2,1-3H3,(H,24,25)(H,26,27)/t13-,14+,15+,16-,20+,21+,22-,23-/m1/s1. The van der Waals surface area contributed by atoms with Crippen molar-refractivity contribution in [2.24, 2.45) is 23.7 Å². The molecule has 5 fully saturated rings. The van der Waals surface area contributed by atoms with Crippen LogP contribution in [0.1, 0.15) is 72.1 Å². The van der Waals surface area contributed by atoms with Gasteiger partial charge in [-0.05, 0) is 44.4 Å². The number of rotatable bonds is 8. The highest BCUT2D eigenvalue weighted by Crippen LogP contribution is 2.60. The van der Waals surface area contributed by atoms with Gasteiger partial charge in [0.15, 0.2) is 11.9 Å². The van der Waals surface area contributed by atoms with Gasteiger partial charge in [-0.25, -0.2) is 9.78 Å². The molecule has 4 heterocycles. The highest BCUT2D eigenvalue weighted by molar-refractivity contribution is 5.81. The number of esters is 1. The Bertz CT molecular complexity index is 775. The average Bonchev–Trinajstić information content (AvgIpc) is 2.99. The predicted octanol–water partition coefficient (Wildman–Crippen LogP) is 2.50. The van der Waals surface area contributed by atoms with Crippen LogP contribution in [0.3, 0.4) is 0 Å². The van der Waals surface area contributed by atoms with E-state index >= 15 is 0 Å². The summed E-state index contributed by atoms with van der Waals surface area (Å²) in [5, 5.41) is 11.2. The van der Waals surface area contributed by atoms with Crippen molar-refractivity contribution in [3.63, 3.8) is 0 Å². The second-order valence-electron chi connectivity index (χ2n) is 10.1. The van der Waals surface area contributed by atoms with E-state index in [1.807, 2.05) is 13.8 Å². The SMILES string of the molecule is C[C@@H]1[C@@H](OC(=O)CCC(=O)NCCCC(=O)O)O[C@H]2O[C@@]3(C)CC[C@H]4[C@H](C)CC[C@H]1[C@@]24OO3. The van der Waals surface area contributed by atoms with Gasteiger partial charge in [0.05, 0.1) is 6.42 Å². The van der Waals surface area contributed by atoms with Crippen molar-refractivity contribution in [3.05, 3.63) is 0 Å². The third kappa shape index (κ3) is 4.76. The van der Waals surface area contributed by atoms with Crippen LogP contribution in [0.4, 0.5) is 0 Å². The van der Waals surface area contributed by atoms with Crippen LogP contribution < -0.4 is 5.32 Å². The Labute approximate surface area is 193 Å². The molecule has 2 N–H and O–H groups in total. The zero-order chi connectivity index (χ0) is 23.8. The topological polar surface area (TPSA) is 130 Å².